The smallest absolute Gasteiger partial charge is 0.292 e. The summed E-state index contributed by atoms with van der Waals surface area (Å²) < 4.78 is 7.55. The van der Waals surface area contributed by atoms with Crippen LogP contribution >= 0.6 is 15.9 Å². The van der Waals surface area contributed by atoms with E-state index >= 15 is 0 Å². The molecule has 1 aromatic carbocycles. The minimum atomic E-state index is -0.328. The maximum Gasteiger partial charge on any atom is 0.292 e. The number of benzene rings is 1. The van der Waals surface area contributed by atoms with Crippen LogP contribution in [-0.2, 0) is 6.54 Å². The van der Waals surface area contributed by atoms with E-state index in [1.54, 1.807) is 16.8 Å². The molecule has 22 heavy (non-hydrogen) atoms. The fourth-order valence-corrected chi connectivity index (χ4v) is 2.43. The zero-order valence-corrected chi connectivity index (χ0v) is 13.5. The van der Waals surface area contributed by atoms with E-state index in [9.17, 15) is 4.79 Å². The number of aromatic nitrogens is 2. The molecule has 3 aromatic rings. The van der Waals surface area contributed by atoms with E-state index in [1.165, 1.54) is 11.8 Å². The van der Waals surface area contributed by atoms with Gasteiger partial charge in [-0.1, -0.05) is 29.8 Å². The summed E-state index contributed by atoms with van der Waals surface area (Å²) in [7, 11) is 0. The molecule has 0 atom stereocenters. The zero-order valence-electron chi connectivity index (χ0n) is 11.9. The monoisotopic (exact) mass is 359 g/mol. The Morgan fingerprint density at radius 3 is 2.77 bits per heavy atom. The molecule has 0 fully saturated rings. The Kier molecular flexibility index (Phi) is 4.11. The highest BCUT2D eigenvalue weighted by atomic mass is 79.9. The largest absolute Gasteiger partial charge is 0.459 e. The molecule has 1 N–H and O–H groups in total. The van der Waals surface area contributed by atoms with Gasteiger partial charge in [0.1, 0.15) is 0 Å². The highest BCUT2D eigenvalue weighted by molar-refractivity contribution is 9.10. The first-order valence-electron chi connectivity index (χ1n) is 6.75. The van der Waals surface area contributed by atoms with Crippen LogP contribution in [0.1, 0.15) is 21.7 Å². The number of aryl methyl sites for hydroxylation is 1. The Hall–Kier alpha value is -2.34. The van der Waals surface area contributed by atoms with Crippen LogP contribution in [0.4, 0.5) is 5.82 Å². The van der Waals surface area contributed by atoms with Gasteiger partial charge in [-0.15, -0.1) is 0 Å². The summed E-state index contributed by atoms with van der Waals surface area (Å²) in [4.78, 5) is 12.0. The van der Waals surface area contributed by atoms with Gasteiger partial charge in [-0.25, -0.2) is 0 Å². The summed E-state index contributed by atoms with van der Waals surface area (Å²) in [6.07, 6.45) is 3.29. The molecule has 2 heterocycles. The van der Waals surface area contributed by atoms with Crippen molar-refractivity contribution in [2.24, 2.45) is 0 Å². The number of nitrogens with one attached hydrogen (secondary N) is 1. The van der Waals surface area contributed by atoms with Crippen molar-refractivity contribution in [3.05, 3.63) is 70.2 Å². The number of rotatable bonds is 4. The molecule has 0 saturated heterocycles. The van der Waals surface area contributed by atoms with Crippen LogP contribution in [0, 0.1) is 6.92 Å². The molecule has 0 aliphatic rings. The van der Waals surface area contributed by atoms with Gasteiger partial charge in [0.15, 0.2) is 11.6 Å². The van der Waals surface area contributed by atoms with Crippen molar-refractivity contribution in [1.29, 1.82) is 0 Å². The van der Waals surface area contributed by atoms with Gasteiger partial charge in [0.2, 0.25) is 0 Å². The lowest BCUT2D eigenvalue weighted by Crippen LogP contribution is -2.12. The summed E-state index contributed by atoms with van der Waals surface area (Å²) >= 11 is 3.41. The average Bonchev–Trinajstić information content (AvgIpc) is 3.12. The maximum atomic E-state index is 12.0. The van der Waals surface area contributed by atoms with Gasteiger partial charge in [-0.3, -0.25) is 9.48 Å². The first-order valence-corrected chi connectivity index (χ1v) is 7.54. The average molecular weight is 360 g/mol. The normalized spacial score (nSPS) is 10.6. The first-order chi connectivity index (χ1) is 10.6. The molecule has 0 radical (unpaired) electrons. The number of hydrogen-bond donors (Lipinski definition) is 1. The molecule has 0 spiro atoms. The maximum absolute atomic E-state index is 12.0. The Morgan fingerprint density at radius 2 is 2.09 bits per heavy atom. The van der Waals surface area contributed by atoms with Crippen LogP contribution in [0.5, 0.6) is 0 Å². The highest BCUT2D eigenvalue weighted by Gasteiger charge is 2.13. The fraction of sp³-hybridized carbons (Fsp3) is 0.125. The van der Waals surface area contributed by atoms with E-state index in [-0.39, 0.29) is 11.7 Å². The van der Waals surface area contributed by atoms with Crippen LogP contribution in [0.3, 0.4) is 0 Å². The van der Waals surface area contributed by atoms with E-state index in [4.69, 9.17) is 4.42 Å². The standard InChI is InChI=1S/C16H14BrN3O2/c1-11-4-6-12(7-5-11)9-20-10-13(17)15(19-20)18-16(21)14-3-2-8-22-14/h2-8,10H,9H2,1H3,(H,18,19,21). The predicted octanol–water partition coefficient (Wildman–Crippen LogP) is 3.85. The van der Waals surface area contributed by atoms with Gasteiger partial charge >= 0.3 is 0 Å². The number of hydrogen-bond acceptors (Lipinski definition) is 3. The van der Waals surface area contributed by atoms with Crippen LogP contribution in [0.2, 0.25) is 0 Å². The quantitative estimate of drug-likeness (QED) is 0.769. The topological polar surface area (TPSA) is 60.1 Å². The van der Waals surface area contributed by atoms with Gasteiger partial charge in [-0.2, -0.15) is 5.10 Å². The van der Waals surface area contributed by atoms with Crippen molar-refractivity contribution < 1.29 is 9.21 Å². The number of carbonyl (C=O) groups excluding carboxylic acids is 1. The summed E-state index contributed by atoms with van der Waals surface area (Å²) in [6.45, 7) is 2.69. The van der Waals surface area contributed by atoms with Crippen molar-refractivity contribution in [3.63, 3.8) is 0 Å². The number of anilines is 1. The molecule has 1 amide bonds. The molecule has 0 saturated carbocycles. The van der Waals surface area contributed by atoms with Gasteiger partial charge in [-0.05, 0) is 40.5 Å². The molecule has 5 nitrogen and oxygen atoms in total. The second kappa shape index (κ2) is 6.19. The van der Waals surface area contributed by atoms with E-state index in [1.807, 2.05) is 6.20 Å². The van der Waals surface area contributed by atoms with E-state index in [0.29, 0.717) is 12.4 Å². The number of amides is 1. The molecular formula is C16H14BrN3O2. The second-order valence-corrected chi connectivity index (χ2v) is 5.79. The predicted molar refractivity (Wildman–Crippen MR) is 86.9 cm³/mol. The summed E-state index contributed by atoms with van der Waals surface area (Å²) in [5.74, 6) is 0.389. The van der Waals surface area contributed by atoms with Gasteiger partial charge in [0.25, 0.3) is 5.91 Å². The molecule has 2 aromatic heterocycles. The van der Waals surface area contributed by atoms with Crippen LogP contribution in [-0.4, -0.2) is 15.7 Å². The third-order valence-electron chi connectivity index (χ3n) is 3.16. The zero-order chi connectivity index (χ0) is 15.5. The van der Waals surface area contributed by atoms with Crippen LogP contribution in [0.25, 0.3) is 0 Å². The summed E-state index contributed by atoms with van der Waals surface area (Å²) in [5.41, 5.74) is 2.36. The summed E-state index contributed by atoms with van der Waals surface area (Å²) in [5, 5.41) is 7.09. The van der Waals surface area contributed by atoms with Crippen LogP contribution in [0.15, 0.2) is 57.7 Å². The number of halogens is 1. The Labute approximate surface area is 136 Å². The third kappa shape index (κ3) is 3.28. The minimum Gasteiger partial charge on any atom is -0.459 e. The third-order valence-corrected chi connectivity index (χ3v) is 3.74. The second-order valence-electron chi connectivity index (χ2n) is 4.94. The molecule has 112 valence electrons. The molecule has 0 unspecified atom stereocenters. The molecule has 3 rings (SSSR count). The highest BCUT2D eigenvalue weighted by Crippen LogP contribution is 2.21. The van der Waals surface area contributed by atoms with Crippen molar-refractivity contribution >= 4 is 27.7 Å². The molecule has 6 heteroatoms. The number of nitrogens with zero attached hydrogens (tertiary/aromatic N) is 2. The van der Waals surface area contributed by atoms with E-state index < -0.39 is 0 Å². The van der Waals surface area contributed by atoms with Crippen molar-refractivity contribution in [1.82, 2.24) is 9.78 Å². The number of furan rings is 1. The Balaban J connectivity index is 1.73. The van der Waals surface area contributed by atoms with Crippen molar-refractivity contribution in [2.75, 3.05) is 5.32 Å². The molecule has 0 aliphatic carbocycles. The molecule has 0 bridgehead atoms. The van der Waals surface area contributed by atoms with Crippen LogP contribution < -0.4 is 5.32 Å². The lowest BCUT2D eigenvalue weighted by atomic mass is 10.1. The lowest BCUT2D eigenvalue weighted by Gasteiger charge is -2.02. The first kappa shape index (κ1) is 14.6. The SMILES string of the molecule is Cc1ccc(Cn2cc(Br)c(NC(=O)c3ccco3)n2)cc1. The van der Waals surface area contributed by atoms with E-state index in [0.717, 1.165) is 10.0 Å². The minimum absolute atomic E-state index is 0.250. The molecule has 0 aliphatic heterocycles. The van der Waals surface area contributed by atoms with Crippen molar-refractivity contribution in [3.8, 4) is 0 Å². The van der Waals surface area contributed by atoms with Gasteiger partial charge in [0.05, 0.1) is 17.3 Å². The van der Waals surface area contributed by atoms with Gasteiger partial charge in [0, 0.05) is 6.20 Å². The Bertz CT molecular complexity index is 776. The van der Waals surface area contributed by atoms with Gasteiger partial charge < -0.3 is 9.73 Å². The Morgan fingerprint density at radius 1 is 1.32 bits per heavy atom. The van der Waals surface area contributed by atoms with E-state index in [2.05, 4.69) is 57.5 Å². The molecular weight excluding hydrogens is 346 g/mol. The summed E-state index contributed by atoms with van der Waals surface area (Å²) in [6, 6.07) is 11.5. The number of carbonyl (C=O) groups is 1. The fourth-order valence-electron chi connectivity index (χ4n) is 2.02. The lowest BCUT2D eigenvalue weighted by molar-refractivity contribution is 0.0996. The van der Waals surface area contributed by atoms with Crippen molar-refractivity contribution in [2.45, 2.75) is 13.5 Å².